The maximum absolute atomic E-state index is 14.5. The Morgan fingerprint density at radius 1 is 0.395 bits per heavy atom. The molecule has 129 heavy (non-hydrogen) atoms. The average molecular weight is 1860 g/mol. The minimum atomic E-state index is -1.56. The standard InChI is InChI=1S/C84H132N7O37P/c1-47(2)91(48(3)4)129(118-37-18-17-33-85)128-63-28-25-61(26-29-63)81(108)90-65(67(106)24-21-36-111-40-43-114-84-74(88-51(7)94)80(124-60(16)103)77(121-57(13)100)70(127-84)46-117-54(10)97)31-32-71(107)89-64(66(105)23-20-35-110-39-42-113-83-73(87-50(6)93)79(123-59(15)102)76(120-56(12)99)69(126-83)45-116-53(9)96)30-27-62(104)22-19-34-109-38-41-112-82-72(86-49(5)92)78(122-58(14)101)75(119-55(11)98)68(125-82)44-115-52(8)95/h47-48,61,63-65,68-70,72-80,82-84H,17-32,34-46H2,1-16H3,(H,86,92)(H,87,93)(H,88,94)(H,89,107)(H,90,108). The molecule has 4 fully saturated rings. The topological polar surface area (TPSA) is 562 Å². The average Bonchev–Trinajstić information content (AvgIpc) is 0.794. The molecule has 4 rings (SSSR count). The third-order valence-electron chi connectivity index (χ3n) is 19.9. The lowest BCUT2D eigenvalue weighted by molar-refractivity contribution is -0.279. The number of unbranched alkanes of at least 4 members (excludes halogenated alkanes) is 1. The number of carbonyl (C=O) groups is 17. The van der Waals surface area contributed by atoms with Gasteiger partial charge in [-0.15, -0.1) is 0 Å². The molecule has 1 aliphatic carbocycles. The van der Waals surface area contributed by atoms with Crippen molar-refractivity contribution < 1.29 is 176 Å². The monoisotopic (exact) mass is 1860 g/mol. The summed E-state index contributed by atoms with van der Waals surface area (Å²) in [5, 5.41) is 22.7. The van der Waals surface area contributed by atoms with Crippen LogP contribution < -0.4 is 26.6 Å². The van der Waals surface area contributed by atoms with E-state index in [1.807, 2.05) is 27.7 Å². The molecular weight excluding hydrogens is 1730 g/mol. The van der Waals surface area contributed by atoms with E-state index in [-0.39, 0.29) is 141 Å². The van der Waals surface area contributed by atoms with Crippen LogP contribution in [-0.4, -0.2) is 313 Å². The van der Waals surface area contributed by atoms with E-state index in [9.17, 15) is 86.8 Å². The summed E-state index contributed by atoms with van der Waals surface area (Å²) in [6.45, 7) is 19.3. The van der Waals surface area contributed by atoms with Crippen molar-refractivity contribution in [2.24, 2.45) is 5.92 Å². The molecule has 3 saturated heterocycles. The Bertz CT molecular complexity index is 3690. The normalized spacial score (nSPS) is 24.4. The van der Waals surface area contributed by atoms with Crippen molar-refractivity contribution in [2.45, 2.75) is 336 Å². The van der Waals surface area contributed by atoms with E-state index in [4.69, 9.17) is 94.3 Å². The molecule has 1 saturated carbocycles. The van der Waals surface area contributed by atoms with E-state index in [1.54, 1.807) is 0 Å². The van der Waals surface area contributed by atoms with Gasteiger partial charge in [-0.2, -0.15) is 5.26 Å². The third kappa shape index (κ3) is 43.3. The second kappa shape index (κ2) is 60.2. The number of nitrogens with one attached hydrogen (secondary N) is 5. The summed E-state index contributed by atoms with van der Waals surface area (Å²) in [5.74, 6) is -11.9. The minimum absolute atomic E-state index is 0.00242. The molecule has 0 aromatic heterocycles. The SMILES string of the molecule is CC(=O)NC1C(OCCOCCCC(=O)CCC(NC(=O)CCC(NC(=O)C2CCC(OP(OCCCC#N)N(C(C)C)C(C)C)CC2)C(=O)CCCOCCOC2OC(COC(C)=O)C(OC(C)=O)C(OC(C)=O)C2NC(C)=O)C(=O)CCCOCCOC2OC(COC(C)=O)C(OC(C)=O)C(OC(C)=O)C2NC(C)=O)OC(COC(C)=O)C(OC(C)=O)C1OC(C)=O. The van der Waals surface area contributed by atoms with Crippen molar-refractivity contribution in [3.8, 4) is 6.07 Å². The maximum Gasteiger partial charge on any atom is 0.303 e. The van der Waals surface area contributed by atoms with Crippen molar-refractivity contribution in [3.05, 3.63) is 0 Å². The number of Topliss-reactive ketones (excluding diaryl/α,β-unsaturated/α-hetero) is 3. The van der Waals surface area contributed by atoms with Crippen LogP contribution in [0.15, 0.2) is 0 Å². The third-order valence-corrected chi connectivity index (χ3v) is 22.1. The van der Waals surface area contributed by atoms with Gasteiger partial charge >= 0.3 is 53.7 Å². The second-order valence-corrected chi connectivity index (χ2v) is 33.0. The smallest absolute Gasteiger partial charge is 0.303 e. The molecule has 730 valence electrons. The molecule has 4 aliphatic rings. The van der Waals surface area contributed by atoms with E-state index >= 15 is 0 Å². The first-order valence-electron chi connectivity index (χ1n) is 43.3. The van der Waals surface area contributed by atoms with Crippen LogP contribution in [0.5, 0.6) is 0 Å². The van der Waals surface area contributed by atoms with Crippen molar-refractivity contribution in [1.82, 2.24) is 31.3 Å². The van der Waals surface area contributed by atoms with Crippen molar-refractivity contribution in [3.63, 3.8) is 0 Å². The van der Waals surface area contributed by atoms with Gasteiger partial charge in [-0.1, -0.05) is 0 Å². The van der Waals surface area contributed by atoms with Crippen LogP contribution in [0.4, 0.5) is 0 Å². The molecule has 0 radical (unpaired) electrons. The van der Waals surface area contributed by atoms with Crippen molar-refractivity contribution in [2.75, 3.05) is 85.9 Å². The zero-order valence-corrected chi connectivity index (χ0v) is 77.5. The van der Waals surface area contributed by atoms with E-state index < -0.39 is 240 Å². The van der Waals surface area contributed by atoms with Gasteiger partial charge < -0.3 is 121 Å². The Hall–Kier alpha value is -8.97. The second-order valence-electron chi connectivity index (χ2n) is 31.6. The summed E-state index contributed by atoms with van der Waals surface area (Å²) in [6.07, 6.45) is -15.3. The molecule has 3 aliphatic heterocycles. The largest absolute Gasteiger partial charge is 0.463 e. The molecule has 0 bridgehead atoms. The molecule has 5 amide bonds. The van der Waals surface area contributed by atoms with Gasteiger partial charge in [-0.25, -0.2) is 4.67 Å². The van der Waals surface area contributed by atoms with E-state index in [2.05, 4.69) is 37.3 Å². The summed E-state index contributed by atoms with van der Waals surface area (Å²) in [5.41, 5.74) is 0. The molecule has 0 aromatic rings. The number of hydrogen-bond acceptors (Lipinski definition) is 39. The first-order valence-corrected chi connectivity index (χ1v) is 44.4. The zero-order chi connectivity index (χ0) is 96.0. The lowest BCUT2D eigenvalue weighted by Gasteiger charge is -2.44. The molecule has 0 spiro atoms. The highest BCUT2D eigenvalue weighted by Gasteiger charge is 2.55. The van der Waals surface area contributed by atoms with Gasteiger partial charge in [0.2, 0.25) is 29.5 Å². The van der Waals surface area contributed by atoms with Crippen LogP contribution >= 0.6 is 8.53 Å². The molecule has 18 atom stereocenters. The summed E-state index contributed by atoms with van der Waals surface area (Å²) in [6, 6.07) is -4.10. The number of nitrogens with zero attached hydrogens (tertiary/aromatic N) is 2. The molecule has 0 aromatic carbocycles. The Balaban J connectivity index is 1.56. The van der Waals surface area contributed by atoms with Crippen LogP contribution in [0, 0.1) is 17.2 Å². The van der Waals surface area contributed by atoms with E-state index in [1.165, 1.54) is 20.8 Å². The Labute approximate surface area is 752 Å². The van der Waals surface area contributed by atoms with Crippen molar-refractivity contribution >= 4 is 109 Å². The number of carbonyl (C=O) groups excluding carboxylic acids is 17. The zero-order valence-electron chi connectivity index (χ0n) is 76.6. The van der Waals surface area contributed by atoms with Gasteiger partial charge in [0.15, 0.2) is 67.1 Å². The predicted molar refractivity (Wildman–Crippen MR) is 444 cm³/mol. The number of esters is 9. The molecule has 44 nitrogen and oxygen atoms in total. The highest BCUT2D eigenvalue weighted by Crippen LogP contribution is 2.49. The molecule has 3 heterocycles. The highest BCUT2D eigenvalue weighted by atomic mass is 31.2. The van der Waals surface area contributed by atoms with Crippen molar-refractivity contribution in [1.29, 1.82) is 5.26 Å². The summed E-state index contributed by atoms with van der Waals surface area (Å²) >= 11 is 0. The highest BCUT2D eigenvalue weighted by molar-refractivity contribution is 7.44. The number of amides is 5. The maximum atomic E-state index is 14.5. The number of hydrogen-bond donors (Lipinski definition) is 5. The fourth-order valence-corrected chi connectivity index (χ4v) is 16.4. The van der Waals surface area contributed by atoms with Gasteiger partial charge in [0.05, 0.1) is 70.5 Å². The summed E-state index contributed by atoms with van der Waals surface area (Å²) in [7, 11) is -1.56. The fraction of sp³-hybridized carbons (Fsp3) is 0.786. The molecule has 45 heteroatoms. The number of ether oxygens (including phenoxy) is 18. The Morgan fingerprint density at radius 3 is 1.07 bits per heavy atom. The predicted octanol–water partition coefficient (Wildman–Crippen LogP) is 2.87. The Morgan fingerprint density at radius 2 is 0.736 bits per heavy atom. The van der Waals surface area contributed by atoms with Gasteiger partial charge in [0, 0.05) is 159 Å². The van der Waals surface area contributed by atoms with Gasteiger partial charge in [0.1, 0.15) is 62.0 Å². The van der Waals surface area contributed by atoms with Crippen LogP contribution in [0.25, 0.3) is 0 Å². The lowest BCUT2D eigenvalue weighted by atomic mass is 9.86. The number of nitriles is 1. The van der Waals surface area contributed by atoms with Crippen LogP contribution in [0.3, 0.4) is 0 Å². The first-order chi connectivity index (χ1) is 61.1. The summed E-state index contributed by atoms with van der Waals surface area (Å²) < 4.78 is 117. The first kappa shape index (κ1) is 112. The van der Waals surface area contributed by atoms with Gasteiger partial charge in [0.25, 0.3) is 8.53 Å². The van der Waals surface area contributed by atoms with E-state index in [0.29, 0.717) is 45.1 Å². The molecule has 18 unspecified atom stereocenters. The van der Waals surface area contributed by atoms with Gasteiger partial charge in [-0.3, -0.25) is 81.5 Å². The lowest BCUT2D eigenvalue weighted by Crippen LogP contribution is -2.66. The van der Waals surface area contributed by atoms with Crippen LogP contribution in [0.2, 0.25) is 0 Å². The number of rotatable bonds is 59. The summed E-state index contributed by atoms with van der Waals surface area (Å²) in [4.78, 5) is 219. The van der Waals surface area contributed by atoms with Crippen LogP contribution in [-0.2, 0) is 176 Å². The minimum Gasteiger partial charge on any atom is -0.463 e. The van der Waals surface area contributed by atoms with Crippen LogP contribution in [0.1, 0.15) is 214 Å². The fourth-order valence-electron chi connectivity index (χ4n) is 14.6. The van der Waals surface area contributed by atoms with E-state index in [0.717, 1.165) is 62.3 Å². The molecular formula is C84H132N7O37P. The van der Waals surface area contributed by atoms with Gasteiger partial charge in [-0.05, 0) is 91.9 Å². The molecule has 5 N–H and O–H groups in total. The quantitative estimate of drug-likeness (QED) is 0.0253. The Kier molecular flexibility index (Phi) is 52.4. The number of ketones is 3.